The molecule has 1 aliphatic rings. The van der Waals surface area contributed by atoms with Gasteiger partial charge in [-0.2, -0.15) is 0 Å². The molecule has 0 bridgehead atoms. The molecule has 2 nitrogen and oxygen atoms in total. The Morgan fingerprint density at radius 2 is 2.00 bits per heavy atom. The molecule has 0 N–H and O–H groups in total. The zero-order chi connectivity index (χ0) is 9.24. The first-order valence-corrected chi connectivity index (χ1v) is 6.66. The average Bonchev–Trinajstić information content (AvgIpc) is 2.82. The highest BCUT2D eigenvalue weighted by Gasteiger charge is 2.41. The number of alkyl halides is 1. The summed E-state index contributed by atoms with van der Waals surface area (Å²) in [5.74, 6) is 1.19. The Morgan fingerprint density at radius 1 is 1.42 bits per heavy atom. The maximum Gasteiger partial charge on any atom is 0.150 e. The van der Waals surface area contributed by atoms with Crippen LogP contribution in [-0.2, 0) is 9.84 Å². The van der Waals surface area contributed by atoms with Gasteiger partial charge in [0.2, 0.25) is 0 Å². The fourth-order valence-electron chi connectivity index (χ4n) is 1.14. The predicted octanol–water partition coefficient (Wildman–Crippen LogP) is 1.83. The Hall–Kier alpha value is 0.240. The predicted molar refractivity (Wildman–Crippen MR) is 51.3 cm³/mol. The van der Waals surface area contributed by atoms with Crippen LogP contribution in [0.5, 0.6) is 0 Å². The van der Waals surface area contributed by atoms with Crippen molar-refractivity contribution < 1.29 is 8.42 Å². The Kier molecular flexibility index (Phi) is 3.05. The van der Waals surface area contributed by atoms with E-state index in [-0.39, 0.29) is 11.2 Å². The molecule has 72 valence electrons. The zero-order valence-corrected chi connectivity index (χ0v) is 8.92. The Bertz CT molecular complexity index is 242. The maximum absolute atomic E-state index is 11.1. The lowest BCUT2D eigenvalue weighted by molar-refractivity contribution is 0.541. The van der Waals surface area contributed by atoms with Gasteiger partial charge in [0.15, 0.2) is 0 Å². The van der Waals surface area contributed by atoms with Gasteiger partial charge in [-0.1, -0.05) is 6.92 Å². The summed E-state index contributed by atoms with van der Waals surface area (Å²) in [6, 6.07) is 0. The first-order valence-electron chi connectivity index (χ1n) is 4.30. The van der Waals surface area contributed by atoms with Crippen molar-refractivity contribution in [3.63, 3.8) is 0 Å². The molecule has 0 atom stereocenters. The smallest absolute Gasteiger partial charge is 0.150 e. The molecule has 1 aliphatic carbocycles. The summed E-state index contributed by atoms with van der Waals surface area (Å²) in [4.78, 5) is 0. The lowest BCUT2D eigenvalue weighted by atomic mass is 10.1. The molecule has 1 rings (SSSR count). The lowest BCUT2D eigenvalue weighted by Gasteiger charge is -2.09. The molecule has 0 aromatic rings. The van der Waals surface area contributed by atoms with Crippen LogP contribution in [0.3, 0.4) is 0 Å². The highest BCUT2D eigenvalue weighted by molar-refractivity contribution is 7.91. The molecule has 1 fully saturated rings. The van der Waals surface area contributed by atoms with Crippen LogP contribution < -0.4 is 0 Å². The summed E-state index contributed by atoms with van der Waals surface area (Å²) in [6.07, 6.45) is 2.97. The third-order valence-electron chi connectivity index (χ3n) is 2.62. The molecule has 12 heavy (non-hydrogen) atoms. The van der Waals surface area contributed by atoms with Crippen LogP contribution in [0.15, 0.2) is 0 Å². The van der Waals surface area contributed by atoms with Gasteiger partial charge in [-0.3, -0.25) is 0 Å². The van der Waals surface area contributed by atoms with Crippen LogP contribution in [0.25, 0.3) is 0 Å². The minimum Gasteiger partial charge on any atom is -0.229 e. The number of hydrogen-bond acceptors (Lipinski definition) is 2. The van der Waals surface area contributed by atoms with Crippen LogP contribution in [0.1, 0.15) is 26.2 Å². The summed E-state index contributed by atoms with van der Waals surface area (Å²) < 4.78 is 22.3. The Balaban J connectivity index is 2.35. The molecule has 0 spiro atoms. The first kappa shape index (κ1) is 10.3. The van der Waals surface area contributed by atoms with E-state index >= 15 is 0 Å². The van der Waals surface area contributed by atoms with Crippen molar-refractivity contribution in [3.8, 4) is 0 Å². The second kappa shape index (κ2) is 3.54. The normalized spacial score (nSPS) is 20.8. The monoisotopic (exact) mass is 210 g/mol. The number of rotatable bonds is 5. The maximum atomic E-state index is 11.1. The van der Waals surface area contributed by atoms with Crippen molar-refractivity contribution in [1.29, 1.82) is 0 Å². The fourth-order valence-corrected chi connectivity index (χ4v) is 2.58. The van der Waals surface area contributed by atoms with E-state index in [0.717, 1.165) is 19.3 Å². The van der Waals surface area contributed by atoms with Gasteiger partial charge in [-0.05, 0) is 24.7 Å². The number of sulfone groups is 1. The van der Waals surface area contributed by atoms with Crippen molar-refractivity contribution in [3.05, 3.63) is 0 Å². The SMILES string of the molecule is CCS(=O)(=O)CCC1(CCl)CC1. The first-order chi connectivity index (χ1) is 5.54. The number of halogens is 1. The molecule has 1 saturated carbocycles. The number of hydrogen-bond donors (Lipinski definition) is 0. The molecule has 0 heterocycles. The van der Waals surface area contributed by atoms with E-state index in [1.165, 1.54) is 0 Å². The third-order valence-corrected chi connectivity index (χ3v) is 4.90. The van der Waals surface area contributed by atoms with Gasteiger partial charge in [-0.25, -0.2) is 8.42 Å². The summed E-state index contributed by atoms with van der Waals surface area (Å²) >= 11 is 5.73. The summed E-state index contributed by atoms with van der Waals surface area (Å²) in [6.45, 7) is 1.69. The summed E-state index contributed by atoms with van der Waals surface area (Å²) in [7, 11) is -2.78. The van der Waals surface area contributed by atoms with Crippen LogP contribution in [0, 0.1) is 5.41 Å². The average molecular weight is 211 g/mol. The lowest BCUT2D eigenvalue weighted by Crippen LogP contribution is -2.14. The van der Waals surface area contributed by atoms with Gasteiger partial charge in [-0.15, -0.1) is 11.6 Å². The molecule has 4 heteroatoms. The largest absolute Gasteiger partial charge is 0.229 e. The van der Waals surface area contributed by atoms with Crippen molar-refractivity contribution in [2.75, 3.05) is 17.4 Å². The van der Waals surface area contributed by atoms with Gasteiger partial charge >= 0.3 is 0 Å². The van der Waals surface area contributed by atoms with Gasteiger partial charge in [0, 0.05) is 11.6 Å². The van der Waals surface area contributed by atoms with E-state index in [0.29, 0.717) is 11.6 Å². The topological polar surface area (TPSA) is 34.1 Å². The highest BCUT2D eigenvalue weighted by Crippen LogP contribution is 2.49. The van der Waals surface area contributed by atoms with E-state index < -0.39 is 9.84 Å². The van der Waals surface area contributed by atoms with Crippen LogP contribution >= 0.6 is 11.6 Å². The minimum atomic E-state index is -2.78. The van der Waals surface area contributed by atoms with E-state index in [2.05, 4.69) is 0 Å². The van der Waals surface area contributed by atoms with Crippen LogP contribution in [-0.4, -0.2) is 25.8 Å². The van der Waals surface area contributed by atoms with Gasteiger partial charge in [0.25, 0.3) is 0 Å². The van der Waals surface area contributed by atoms with Crippen LogP contribution in [0.2, 0.25) is 0 Å². The van der Waals surface area contributed by atoms with Gasteiger partial charge < -0.3 is 0 Å². The Morgan fingerprint density at radius 3 is 2.33 bits per heavy atom. The van der Waals surface area contributed by atoms with Gasteiger partial charge in [0.05, 0.1) is 5.75 Å². The molecule has 0 aromatic heterocycles. The summed E-state index contributed by atoms with van der Waals surface area (Å²) in [5.41, 5.74) is 0.184. The third kappa shape index (κ3) is 2.63. The van der Waals surface area contributed by atoms with Crippen molar-refractivity contribution in [2.24, 2.45) is 5.41 Å². The molecule has 0 saturated heterocycles. The van der Waals surface area contributed by atoms with E-state index in [9.17, 15) is 8.42 Å². The quantitative estimate of drug-likeness (QED) is 0.649. The summed E-state index contributed by atoms with van der Waals surface area (Å²) in [5, 5.41) is 0. The molecular formula is C8H15ClO2S. The van der Waals surface area contributed by atoms with Crippen molar-refractivity contribution in [1.82, 2.24) is 0 Å². The molecular weight excluding hydrogens is 196 g/mol. The van der Waals surface area contributed by atoms with E-state index in [1.807, 2.05) is 0 Å². The Labute approximate surface area is 79.2 Å². The molecule has 0 aliphatic heterocycles. The zero-order valence-electron chi connectivity index (χ0n) is 7.35. The van der Waals surface area contributed by atoms with Crippen LogP contribution in [0.4, 0.5) is 0 Å². The molecule has 0 unspecified atom stereocenters. The van der Waals surface area contributed by atoms with Crippen molar-refractivity contribution in [2.45, 2.75) is 26.2 Å². The molecule has 0 radical (unpaired) electrons. The fraction of sp³-hybridized carbons (Fsp3) is 1.00. The minimum absolute atomic E-state index is 0.184. The standard InChI is InChI=1S/C8H15ClO2S/c1-2-12(10,11)6-5-8(7-9)3-4-8/h2-7H2,1H3. The second-order valence-electron chi connectivity index (χ2n) is 3.62. The second-order valence-corrected chi connectivity index (χ2v) is 6.36. The van der Waals surface area contributed by atoms with Gasteiger partial charge in [0.1, 0.15) is 9.84 Å². The molecule has 0 aromatic carbocycles. The van der Waals surface area contributed by atoms with E-state index in [4.69, 9.17) is 11.6 Å². The van der Waals surface area contributed by atoms with E-state index in [1.54, 1.807) is 6.92 Å². The van der Waals surface area contributed by atoms with Crippen molar-refractivity contribution >= 4 is 21.4 Å². The highest BCUT2D eigenvalue weighted by atomic mass is 35.5. The molecule has 0 amide bonds.